The lowest BCUT2D eigenvalue weighted by Crippen LogP contribution is -2.36. The van der Waals surface area contributed by atoms with Crippen LogP contribution in [0.25, 0.3) is 0 Å². The Morgan fingerprint density at radius 2 is 1.69 bits per heavy atom. The second-order valence-electron chi connectivity index (χ2n) is 8.36. The lowest BCUT2D eigenvalue weighted by molar-refractivity contribution is -0.137. The third-order valence-corrected chi connectivity index (χ3v) is 5.68. The molecule has 1 amide bonds. The molecule has 5 rings (SSSR count). The van der Waals surface area contributed by atoms with Crippen molar-refractivity contribution in [3.05, 3.63) is 84.4 Å². The quantitative estimate of drug-likeness (QED) is 0.339. The number of hydrogen-bond donors (Lipinski definition) is 2. The van der Waals surface area contributed by atoms with Gasteiger partial charge in [0.25, 0.3) is 5.91 Å². The fourth-order valence-electron chi connectivity index (χ4n) is 3.68. The number of carbonyl (C=O) groups excluding carboxylic acids is 1. The molecule has 39 heavy (non-hydrogen) atoms. The third-order valence-electron chi connectivity index (χ3n) is 5.68. The van der Waals surface area contributed by atoms with Gasteiger partial charge in [-0.05, 0) is 48.5 Å². The lowest BCUT2D eigenvalue weighted by Gasteiger charge is -2.27. The number of anilines is 4. The fraction of sp³-hybridized carbons (Fsp3) is 0.192. The number of rotatable bonds is 7. The van der Waals surface area contributed by atoms with Gasteiger partial charge in [0.1, 0.15) is 17.3 Å². The summed E-state index contributed by atoms with van der Waals surface area (Å²) < 4.78 is 50.1. The molecule has 0 radical (unpaired) electrons. The molecule has 1 saturated heterocycles. The monoisotopic (exact) mass is 537 g/mol. The van der Waals surface area contributed by atoms with Crippen molar-refractivity contribution in [1.82, 2.24) is 19.9 Å². The second kappa shape index (κ2) is 11.3. The van der Waals surface area contributed by atoms with Gasteiger partial charge in [-0.2, -0.15) is 18.2 Å². The number of morpholine rings is 1. The molecule has 1 aliphatic rings. The van der Waals surface area contributed by atoms with Gasteiger partial charge < -0.3 is 25.0 Å². The van der Waals surface area contributed by atoms with E-state index in [4.69, 9.17) is 9.47 Å². The highest BCUT2D eigenvalue weighted by Gasteiger charge is 2.30. The molecule has 1 fully saturated rings. The highest BCUT2D eigenvalue weighted by atomic mass is 19.4. The summed E-state index contributed by atoms with van der Waals surface area (Å²) in [6.45, 7) is 2.78. The smallest absolute Gasteiger partial charge is 0.416 e. The molecule has 200 valence electrons. The Kier molecular flexibility index (Phi) is 7.50. The summed E-state index contributed by atoms with van der Waals surface area (Å²) in [5.74, 6) is 0.475. The van der Waals surface area contributed by atoms with E-state index in [2.05, 4.69) is 35.5 Å². The van der Waals surface area contributed by atoms with Crippen molar-refractivity contribution in [2.45, 2.75) is 6.18 Å². The van der Waals surface area contributed by atoms with Crippen LogP contribution in [0, 0.1) is 0 Å². The van der Waals surface area contributed by atoms with Crippen molar-refractivity contribution >= 4 is 29.0 Å². The van der Waals surface area contributed by atoms with E-state index in [1.807, 2.05) is 12.1 Å². The number of pyridine rings is 2. The predicted octanol–water partition coefficient (Wildman–Crippen LogP) is 4.91. The van der Waals surface area contributed by atoms with Gasteiger partial charge in [-0.15, -0.1) is 0 Å². The normalized spacial score (nSPS) is 13.6. The van der Waals surface area contributed by atoms with Crippen molar-refractivity contribution in [3.63, 3.8) is 0 Å². The third kappa shape index (κ3) is 6.57. The van der Waals surface area contributed by atoms with Crippen LogP contribution in [0.1, 0.15) is 15.9 Å². The van der Waals surface area contributed by atoms with E-state index in [9.17, 15) is 18.0 Å². The fourth-order valence-corrected chi connectivity index (χ4v) is 3.68. The molecule has 3 aromatic heterocycles. The molecular weight excluding hydrogens is 515 g/mol. The molecule has 10 nitrogen and oxygen atoms in total. The maximum atomic E-state index is 13.0. The lowest BCUT2D eigenvalue weighted by atomic mass is 10.2. The number of benzene rings is 1. The molecule has 4 aromatic rings. The number of alkyl halides is 3. The zero-order chi connectivity index (χ0) is 27.2. The number of nitrogens with zero attached hydrogens (tertiary/aromatic N) is 5. The Balaban J connectivity index is 1.38. The first-order valence-corrected chi connectivity index (χ1v) is 11.8. The molecule has 0 atom stereocenters. The summed E-state index contributed by atoms with van der Waals surface area (Å²) in [6, 6.07) is 10.8. The van der Waals surface area contributed by atoms with Gasteiger partial charge in [0.05, 0.1) is 36.9 Å². The van der Waals surface area contributed by atoms with Crippen LogP contribution in [0.3, 0.4) is 0 Å². The van der Waals surface area contributed by atoms with Crippen LogP contribution in [0.2, 0.25) is 0 Å². The number of ether oxygens (including phenoxy) is 2. The van der Waals surface area contributed by atoms with Crippen LogP contribution in [-0.4, -0.2) is 52.1 Å². The van der Waals surface area contributed by atoms with E-state index in [0.29, 0.717) is 24.5 Å². The van der Waals surface area contributed by atoms with E-state index in [0.717, 1.165) is 31.0 Å². The molecular formula is C26H22F3N7O3. The average Bonchev–Trinajstić information content (AvgIpc) is 2.95. The summed E-state index contributed by atoms with van der Waals surface area (Å²) in [7, 11) is 0. The number of aromatic nitrogens is 4. The Morgan fingerprint density at radius 1 is 0.949 bits per heavy atom. The zero-order valence-corrected chi connectivity index (χ0v) is 20.4. The number of halogens is 3. The largest absolute Gasteiger partial charge is 0.437 e. The maximum Gasteiger partial charge on any atom is 0.416 e. The van der Waals surface area contributed by atoms with Gasteiger partial charge in [-0.1, -0.05) is 0 Å². The van der Waals surface area contributed by atoms with Crippen LogP contribution >= 0.6 is 0 Å². The molecule has 0 aliphatic carbocycles. The van der Waals surface area contributed by atoms with E-state index in [1.54, 1.807) is 6.20 Å². The first-order valence-electron chi connectivity index (χ1n) is 11.8. The van der Waals surface area contributed by atoms with E-state index >= 15 is 0 Å². The van der Waals surface area contributed by atoms with Gasteiger partial charge in [0.2, 0.25) is 11.8 Å². The number of hydrogen-bond acceptors (Lipinski definition) is 9. The van der Waals surface area contributed by atoms with E-state index in [1.165, 1.54) is 42.9 Å². The first-order chi connectivity index (χ1) is 18.8. The molecule has 2 N–H and O–H groups in total. The minimum atomic E-state index is -4.49. The second-order valence-corrected chi connectivity index (χ2v) is 8.36. The van der Waals surface area contributed by atoms with Gasteiger partial charge in [-0.3, -0.25) is 9.78 Å². The van der Waals surface area contributed by atoms with Crippen LogP contribution in [0.5, 0.6) is 11.6 Å². The Hall–Kier alpha value is -4.78. The van der Waals surface area contributed by atoms with Crippen molar-refractivity contribution in [1.29, 1.82) is 0 Å². The summed E-state index contributed by atoms with van der Waals surface area (Å²) in [4.78, 5) is 31.8. The summed E-state index contributed by atoms with van der Waals surface area (Å²) in [5.41, 5.74) is 0.224. The molecule has 0 spiro atoms. The Morgan fingerprint density at radius 3 is 2.36 bits per heavy atom. The van der Waals surface area contributed by atoms with Crippen molar-refractivity contribution in [3.8, 4) is 11.6 Å². The van der Waals surface area contributed by atoms with Gasteiger partial charge in [0.15, 0.2) is 0 Å². The SMILES string of the molecule is O=C(Nc1cnc(Nc2ccc(N3CCOCC3)nc2)nc1Oc1ccc(C(F)(F)F)cc1)c1ccncc1. The van der Waals surface area contributed by atoms with Gasteiger partial charge in [0, 0.05) is 31.0 Å². The molecule has 0 saturated carbocycles. The average molecular weight is 538 g/mol. The Labute approximate surface area is 220 Å². The number of carbonyl (C=O) groups is 1. The number of amides is 1. The maximum absolute atomic E-state index is 13.0. The van der Waals surface area contributed by atoms with Crippen molar-refractivity contribution in [2.24, 2.45) is 0 Å². The van der Waals surface area contributed by atoms with Crippen molar-refractivity contribution < 1.29 is 27.4 Å². The van der Waals surface area contributed by atoms with Crippen LogP contribution in [0.15, 0.2) is 73.3 Å². The summed E-state index contributed by atoms with van der Waals surface area (Å²) in [6.07, 6.45) is 1.42. The van der Waals surface area contributed by atoms with Crippen LogP contribution in [0.4, 0.5) is 36.3 Å². The Bertz CT molecular complexity index is 1410. The van der Waals surface area contributed by atoms with E-state index in [-0.39, 0.29) is 23.3 Å². The topological polar surface area (TPSA) is 114 Å². The highest BCUT2D eigenvalue weighted by molar-refractivity contribution is 6.04. The van der Waals surface area contributed by atoms with E-state index < -0.39 is 17.6 Å². The summed E-state index contributed by atoms with van der Waals surface area (Å²) >= 11 is 0. The van der Waals surface area contributed by atoms with Gasteiger partial charge in [-0.25, -0.2) is 9.97 Å². The predicted molar refractivity (Wildman–Crippen MR) is 136 cm³/mol. The minimum Gasteiger partial charge on any atom is -0.437 e. The molecule has 13 heteroatoms. The van der Waals surface area contributed by atoms with Crippen LogP contribution in [-0.2, 0) is 10.9 Å². The highest BCUT2D eigenvalue weighted by Crippen LogP contribution is 2.33. The zero-order valence-electron chi connectivity index (χ0n) is 20.4. The first kappa shape index (κ1) is 25.9. The van der Waals surface area contributed by atoms with Gasteiger partial charge >= 0.3 is 6.18 Å². The molecule has 1 aromatic carbocycles. The number of nitrogens with one attached hydrogen (secondary N) is 2. The minimum absolute atomic E-state index is 0.0763. The molecule has 4 heterocycles. The summed E-state index contributed by atoms with van der Waals surface area (Å²) in [5, 5.41) is 5.69. The van der Waals surface area contributed by atoms with Crippen molar-refractivity contribution in [2.75, 3.05) is 41.8 Å². The standard InChI is InChI=1S/C26H22F3N7O3/c27-26(28,29)18-1-4-20(5-2-18)39-24-21(34-23(37)17-7-9-30-10-8-17)16-32-25(35-24)33-19-3-6-22(31-15-19)36-11-13-38-14-12-36/h1-10,15-16H,11-14H2,(H,34,37)(H,32,33,35). The van der Waals surface area contributed by atoms with Crippen LogP contribution < -0.4 is 20.3 Å². The molecule has 1 aliphatic heterocycles. The molecule has 0 bridgehead atoms. The molecule has 0 unspecified atom stereocenters.